The molecule has 0 bridgehead atoms. The molecule has 214 valence electrons. The molecule has 4 rings (SSSR count). The van der Waals surface area contributed by atoms with Crippen LogP contribution in [0.5, 0.6) is 5.75 Å². The van der Waals surface area contributed by atoms with Gasteiger partial charge in [-0.3, -0.25) is 14.4 Å². The van der Waals surface area contributed by atoms with Crippen molar-refractivity contribution in [2.75, 3.05) is 59.8 Å². The molecule has 1 atom stereocenters. The highest BCUT2D eigenvalue weighted by Gasteiger charge is 2.30. The number of aliphatic imine (C=N–C) groups is 1. The van der Waals surface area contributed by atoms with Gasteiger partial charge in [-0.15, -0.1) is 10.2 Å². The Hall–Kier alpha value is -3.35. The maximum Gasteiger partial charge on any atom is 0.222 e. The number of nitrogens with one attached hydrogen (secondary N) is 1. The maximum absolute atomic E-state index is 13.0. The Kier molecular flexibility index (Phi) is 11.0. The first-order valence-corrected chi connectivity index (χ1v) is 13.5. The lowest BCUT2D eigenvalue weighted by atomic mass is 10.00. The second-order valence-corrected chi connectivity index (χ2v) is 9.44. The molecule has 2 aromatic carbocycles. The summed E-state index contributed by atoms with van der Waals surface area (Å²) in [5.74, 6) is 1.80. The predicted molar refractivity (Wildman–Crippen MR) is 152 cm³/mol. The van der Waals surface area contributed by atoms with Crippen LogP contribution in [0.25, 0.3) is 5.69 Å². The van der Waals surface area contributed by atoms with Crippen molar-refractivity contribution >= 4 is 23.2 Å². The number of aromatic nitrogens is 3. The number of rotatable bonds is 15. The molecule has 3 aromatic rings. The van der Waals surface area contributed by atoms with Gasteiger partial charge in [0.1, 0.15) is 17.6 Å². The number of nitrogens with zero attached hydrogens (tertiary/aromatic N) is 4. The summed E-state index contributed by atoms with van der Waals surface area (Å²) in [5, 5.41) is 12.3. The molecule has 11 nitrogen and oxygen atoms in total. The quantitative estimate of drug-likeness (QED) is 0.266. The van der Waals surface area contributed by atoms with Gasteiger partial charge in [-0.2, -0.15) is 0 Å². The summed E-state index contributed by atoms with van der Waals surface area (Å²) in [6.07, 6.45) is 0.0895. The first-order valence-electron chi connectivity index (χ1n) is 13.2. The number of hydrogen-bond acceptors (Lipinski definition) is 9. The number of aryl methyl sites for hydroxylation is 1. The zero-order valence-electron chi connectivity index (χ0n) is 22.8. The minimum Gasteiger partial charge on any atom is -0.497 e. The Morgan fingerprint density at radius 2 is 1.70 bits per heavy atom. The van der Waals surface area contributed by atoms with Gasteiger partial charge in [0, 0.05) is 29.2 Å². The van der Waals surface area contributed by atoms with Crippen molar-refractivity contribution in [2.24, 2.45) is 10.7 Å². The molecule has 3 N–H and O–H groups in total. The van der Waals surface area contributed by atoms with E-state index in [2.05, 4.69) is 15.5 Å². The van der Waals surface area contributed by atoms with Crippen LogP contribution in [-0.2, 0) is 19.0 Å². The summed E-state index contributed by atoms with van der Waals surface area (Å²) in [6.45, 7) is 5.48. The monoisotopic (exact) mass is 570 g/mol. The molecule has 0 saturated carbocycles. The lowest BCUT2D eigenvalue weighted by molar-refractivity contribution is -0.121. The summed E-state index contributed by atoms with van der Waals surface area (Å²) in [7, 11) is 1.62. The number of carbonyl (C=O) groups excluding carboxylic acids is 1. The van der Waals surface area contributed by atoms with Crippen LogP contribution in [0.15, 0.2) is 47.5 Å². The van der Waals surface area contributed by atoms with E-state index in [1.807, 2.05) is 54.0 Å². The average molecular weight is 571 g/mol. The van der Waals surface area contributed by atoms with Crippen LogP contribution < -0.4 is 15.8 Å². The summed E-state index contributed by atoms with van der Waals surface area (Å²) in [6, 6.07) is 12.7. The molecule has 0 radical (unpaired) electrons. The fourth-order valence-corrected chi connectivity index (χ4v) is 4.44. The van der Waals surface area contributed by atoms with Crippen molar-refractivity contribution in [1.29, 1.82) is 0 Å². The molecule has 2 heterocycles. The van der Waals surface area contributed by atoms with Gasteiger partial charge in [-0.05, 0) is 37.3 Å². The van der Waals surface area contributed by atoms with Crippen LogP contribution in [0.4, 0.5) is 0 Å². The van der Waals surface area contributed by atoms with Gasteiger partial charge in [-0.1, -0.05) is 23.7 Å². The molecule has 0 saturated heterocycles. The Labute approximate surface area is 238 Å². The molecule has 0 spiro atoms. The zero-order chi connectivity index (χ0) is 28.3. The van der Waals surface area contributed by atoms with Crippen LogP contribution in [0, 0.1) is 6.92 Å². The Balaban J connectivity index is 1.43. The standard InChI is InChI=1S/C28H35ClN6O5/c1-19-33-34-28-24(18-26(36)31-10-12-39-14-16-40-15-13-38-11-9-30)32-27(20-3-5-21(29)6-4-20)23-17-22(37-2)7-8-25(23)35(19)28/h3-8,17,24H,9-16,18,30H2,1-2H3,(H,31,36)/t24-/m0/s1. The number of carbonyl (C=O) groups is 1. The smallest absolute Gasteiger partial charge is 0.222 e. The number of ether oxygens (including phenoxy) is 4. The number of fused-ring (bicyclic) bond motifs is 3. The van der Waals surface area contributed by atoms with Crippen molar-refractivity contribution in [3.8, 4) is 11.4 Å². The van der Waals surface area contributed by atoms with E-state index in [0.717, 1.165) is 16.8 Å². The SMILES string of the molecule is COc1ccc2c(c1)C(c1ccc(Cl)cc1)=N[C@@H](CC(=O)NCCOCCOCCOCCN)c1nnc(C)n1-2. The topological polar surface area (TPSA) is 135 Å². The maximum atomic E-state index is 13.0. The number of nitrogens with two attached hydrogens (primary N) is 1. The minimum atomic E-state index is -0.568. The van der Waals surface area contributed by atoms with Gasteiger partial charge in [-0.25, -0.2) is 0 Å². The Bertz CT molecular complexity index is 1300. The summed E-state index contributed by atoms with van der Waals surface area (Å²) < 4.78 is 23.7. The predicted octanol–water partition coefficient (Wildman–Crippen LogP) is 2.64. The van der Waals surface area contributed by atoms with Crippen molar-refractivity contribution in [3.05, 3.63) is 70.3 Å². The third kappa shape index (κ3) is 7.64. The lowest BCUT2D eigenvalue weighted by Crippen LogP contribution is -2.29. The normalized spacial score (nSPS) is 14.2. The fraction of sp³-hybridized carbons (Fsp3) is 0.429. The van der Waals surface area contributed by atoms with Crippen LogP contribution in [-0.4, -0.2) is 86.2 Å². The van der Waals surface area contributed by atoms with Crippen LogP contribution >= 0.6 is 11.6 Å². The Morgan fingerprint density at radius 3 is 2.40 bits per heavy atom. The third-order valence-corrected chi connectivity index (χ3v) is 6.46. The third-order valence-electron chi connectivity index (χ3n) is 6.20. The zero-order valence-corrected chi connectivity index (χ0v) is 23.5. The highest BCUT2D eigenvalue weighted by Crippen LogP contribution is 2.34. The molecule has 1 aliphatic heterocycles. The van der Waals surface area contributed by atoms with Gasteiger partial charge in [0.25, 0.3) is 0 Å². The molecule has 0 fully saturated rings. The summed E-state index contributed by atoms with van der Waals surface area (Å²) in [4.78, 5) is 18.0. The van der Waals surface area contributed by atoms with Gasteiger partial charge >= 0.3 is 0 Å². The fourth-order valence-electron chi connectivity index (χ4n) is 4.31. The molecule has 40 heavy (non-hydrogen) atoms. The largest absolute Gasteiger partial charge is 0.497 e. The Morgan fingerprint density at radius 1 is 1.00 bits per heavy atom. The van der Waals surface area contributed by atoms with E-state index in [1.54, 1.807) is 7.11 Å². The molecule has 0 unspecified atom stereocenters. The molecule has 0 aliphatic carbocycles. The van der Waals surface area contributed by atoms with E-state index in [-0.39, 0.29) is 12.3 Å². The van der Waals surface area contributed by atoms with Gasteiger partial charge in [0.15, 0.2) is 5.82 Å². The molecule has 1 aromatic heterocycles. The van der Waals surface area contributed by atoms with Crippen molar-refractivity contribution in [1.82, 2.24) is 20.1 Å². The van der Waals surface area contributed by atoms with Crippen molar-refractivity contribution in [2.45, 2.75) is 19.4 Å². The minimum absolute atomic E-state index is 0.0895. The first kappa shape index (κ1) is 29.6. The summed E-state index contributed by atoms with van der Waals surface area (Å²) >= 11 is 6.16. The van der Waals surface area contributed by atoms with E-state index in [1.165, 1.54) is 0 Å². The average Bonchev–Trinajstić information content (AvgIpc) is 3.28. The molecular weight excluding hydrogens is 536 g/mol. The van der Waals surface area contributed by atoms with Gasteiger partial charge < -0.3 is 30.0 Å². The van der Waals surface area contributed by atoms with Crippen molar-refractivity contribution < 1.29 is 23.7 Å². The highest BCUT2D eigenvalue weighted by atomic mass is 35.5. The molecule has 12 heteroatoms. The molecule has 1 aliphatic rings. The van der Waals surface area contributed by atoms with Gasteiger partial charge in [0.05, 0.1) is 64.6 Å². The summed E-state index contributed by atoms with van der Waals surface area (Å²) in [5.41, 5.74) is 8.64. The van der Waals surface area contributed by atoms with Crippen LogP contribution in [0.1, 0.15) is 35.2 Å². The van der Waals surface area contributed by atoms with Crippen LogP contribution in [0.2, 0.25) is 5.02 Å². The van der Waals surface area contributed by atoms with E-state index < -0.39 is 6.04 Å². The lowest BCUT2D eigenvalue weighted by Gasteiger charge is -2.14. The molecular formula is C28H35ClN6O5. The second-order valence-electron chi connectivity index (χ2n) is 9.00. The molecule has 1 amide bonds. The first-order chi connectivity index (χ1) is 19.5. The highest BCUT2D eigenvalue weighted by molar-refractivity contribution is 6.30. The number of methoxy groups -OCH3 is 1. The van der Waals surface area contributed by atoms with E-state index in [9.17, 15) is 4.79 Å². The van der Waals surface area contributed by atoms with E-state index in [4.69, 9.17) is 41.3 Å². The van der Waals surface area contributed by atoms with Crippen LogP contribution in [0.3, 0.4) is 0 Å². The number of hydrogen-bond donors (Lipinski definition) is 2. The van der Waals surface area contributed by atoms with Gasteiger partial charge in [0.2, 0.25) is 5.91 Å². The second kappa shape index (κ2) is 14.9. The van der Waals surface area contributed by atoms with E-state index in [0.29, 0.717) is 80.9 Å². The van der Waals surface area contributed by atoms with Crippen molar-refractivity contribution in [3.63, 3.8) is 0 Å². The number of amides is 1. The van der Waals surface area contributed by atoms with E-state index >= 15 is 0 Å². The number of benzene rings is 2. The number of halogens is 1.